The summed E-state index contributed by atoms with van der Waals surface area (Å²) in [5, 5.41) is 18.2. The van der Waals surface area contributed by atoms with Crippen LogP contribution in [0, 0.1) is 32.1 Å². The Hall–Kier alpha value is -1.49. The maximum absolute atomic E-state index is 9.54. The van der Waals surface area contributed by atoms with Crippen molar-refractivity contribution in [3.05, 3.63) is 28.3 Å². The lowest BCUT2D eigenvalue weighted by Crippen LogP contribution is -1.90. The van der Waals surface area contributed by atoms with Crippen LogP contribution in [0.5, 0.6) is 5.75 Å². The fraction of sp³-hybridized carbons (Fsp3) is 0.300. The molecule has 1 N–H and O–H groups in total. The third kappa shape index (κ3) is 1.14. The fourth-order valence-electron chi connectivity index (χ4n) is 1.21. The monoisotopic (exact) mass is 161 g/mol. The fourth-order valence-corrected chi connectivity index (χ4v) is 1.21. The first-order valence-corrected chi connectivity index (χ1v) is 3.77. The van der Waals surface area contributed by atoms with Gasteiger partial charge in [0.15, 0.2) is 0 Å². The number of phenols is 1. The van der Waals surface area contributed by atoms with Gasteiger partial charge in [-0.1, -0.05) is 6.07 Å². The zero-order chi connectivity index (χ0) is 9.30. The van der Waals surface area contributed by atoms with Gasteiger partial charge in [0.2, 0.25) is 0 Å². The van der Waals surface area contributed by atoms with E-state index in [1.165, 1.54) is 0 Å². The molecule has 0 saturated carbocycles. The molecule has 0 aliphatic carbocycles. The van der Waals surface area contributed by atoms with Crippen molar-refractivity contribution >= 4 is 0 Å². The number of nitrogens with zero attached hydrogens (tertiary/aromatic N) is 1. The smallest absolute Gasteiger partial charge is 0.136 e. The highest BCUT2D eigenvalue weighted by Crippen LogP contribution is 2.27. The van der Waals surface area contributed by atoms with Crippen LogP contribution in [-0.4, -0.2) is 5.11 Å². The molecule has 0 atom stereocenters. The van der Waals surface area contributed by atoms with Crippen LogP contribution < -0.4 is 0 Å². The lowest BCUT2D eigenvalue weighted by molar-refractivity contribution is 0.468. The van der Waals surface area contributed by atoms with Gasteiger partial charge >= 0.3 is 0 Å². The summed E-state index contributed by atoms with van der Waals surface area (Å²) in [5.41, 5.74) is 3.03. The van der Waals surface area contributed by atoms with Crippen LogP contribution in [0.15, 0.2) is 6.07 Å². The molecule has 0 amide bonds. The largest absolute Gasteiger partial charge is 0.506 e. The summed E-state index contributed by atoms with van der Waals surface area (Å²) in [4.78, 5) is 0. The molecule has 0 bridgehead atoms. The van der Waals surface area contributed by atoms with Crippen molar-refractivity contribution in [1.29, 1.82) is 5.26 Å². The SMILES string of the molecule is Cc1cc(C)c(C#N)c(O)c1C. The van der Waals surface area contributed by atoms with E-state index in [2.05, 4.69) is 0 Å². The molecule has 0 aromatic heterocycles. The van der Waals surface area contributed by atoms with E-state index in [1.807, 2.05) is 32.9 Å². The van der Waals surface area contributed by atoms with Crippen LogP contribution in [0.2, 0.25) is 0 Å². The summed E-state index contributed by atoms with van der Waals surface area (Å²) in [6.07, 6.45) is 0. The molecular formula is C10H11NO. The summed E-state index contributed by atoms with van der Waals surface area (Å²) in [6.45, 7) is 5.55. The van der Waals surface area contributed by atoms with E-state index >= 15 is 0 Å². The quantitative estimate of drug-likeness (QED) is 0.633. The number of benzene rings is 1. The molecule has 1 rings (SSSR count). The van der Waals surface area contributed by atoms with E-state index in [9.17, 15) is 5.11 Å². The van der Waals surface area contributed by atoms with Crippen LogP contribution in [-0.2, 0) is 0 Å². The van der Waals surface area contributed by atoms with Crippen molar-refractivity contribution in [3.63, 3.8) is 0 Å². The molecule has 0 spiro atoms. The molecule has 2 nitrogen and oxygen atoms in total. The van der Waals surface area contributed by atoms with Gasteiger partial charge in [-0.25, -0.2) is 0 Å². The average Bonchev–Trinajstić information content (AvgIpc) is 2.01. The van der Waals surface area contributed by atoms with Crippen LogP contribution in [0.4, 0.5) is 0 Å². The molecule has 0 saturated heterocycles. The highest BCUT2D eigenvalue weighted by atomic mass is 16.3. The van der Waals surface area contributed by atoms with E-state index in [4.69, 9.17) is 5.26 Å². The van der Waals surface area contributed by atoms with Crippen LogP contribution in [0.3, 0.4) is 0 Å². The second-order valence-corrected chi connectivity index (χ2v) is 2.97. The van der Waals surface area contributed by atoms with E-state index < -0.39 is 0 Å². The second-order valence-electron chi connectivity index (χ2n) is 2.97. The molecule has 0 radical (unpaired) electrons. The Labute approximate surface area is 72.1 Å². The molecular weight excluding hydrogens is 150 g/mol. The molecule has 12 heavy (non-hydrogen) atoms. The predicted molar refractivity (Wildman–Crippen MR) is 47.0 cm³/mol. The van der Waals surface area contributed by atoms with Gasteiger partial charge in [-0.15, -0.1) is 0 Å². The Morgan fingerprint density at radius 3 is 2.33 bits per heavy atom. The Bertz CT molecular complexity index is 361. The summed E-state index contributed by atoms with van der Waals surface area (Å²) < 4.78 is 0. The molecule has 1 aromatic rings. The Morgan fingerprint density at radius 2 is 1.83 bits per heavy atom. The van der Waals surface area contributed by atoms with Gasteiger partial charge in [-0.3, -0.25) is 0 Å². The van der Waals surface area contributed by atoms with E-state index in [0.29, 0.717) is 5.56 Å². The predicted octanol–water partition coefficient (Wildman–Crippen LogP) is 2.19. The lowest BCUT2D eigenvalue weighted by atomic mass is 10.0. The van der Waals surface area contributed by atoms with E-state index in [0.717, 1.165) is 16.7 Å². The highest BCUT2D eigenvalue weighted by Gasteiger charge is 2.08. The number of rotatable bonds is 0. The van der Waals surface area contributed by atoms with Crippen molar-refractivity contribution in [3.8, 4) is 11.8 Å². The summed E-state index contributed by atoms with van der Waals surface area (Å²) in [6, 6.07) is 3.89. The van der Waals surface area contributed by atoms with E-state index in [1.54, 1.807) is 0 Å². The third-order valence-electron chi connectivity index (χ3n) is 2.12. The number of aryl methyl sites for hydroxylation is 2. The first-order chi connectivity index (χ1) is 5.57. The van der Waals surface area contributed by atoms with Crippen molar-refractivity contribution < 1.29 is 5.11 Å². The van der Waals surface area contributed by atoms with Gasteiger partial charge in [0.1, 0.15) is 11.8 Å². The first kappa shape index (κ1) is 8.61. The van der Waals surface area contributed by atoms with Gasteiger partial charge in [0.05, 0.1) is 5.56 Å². The molecule has 0 fully saturated rings. The molecule has 0 aliphatic rings. The average molecular weight is 161 g/mol. The third-order valence-corrected chi connectivity index (χ3v) is 2.12. The van der Waals surface area contributed by atoms with Crippen molar-refractivity contribution in [2.24, 2.45) is 0 Å². The maximum Gasteiger partial charge on any atom is 0.136 e. The number of hydrogen-bond acceptors (Lipinski definition) is 2. The highest BCUT2D eigenvalue weighted by molar-refractivity contribution is 5.54. The topological polar surface area (TPSA) is 44.0 Å². The van der Waals surface area contributed by atoms with Crippen LogP contribution in [0.25, 0.3) is 0 Å². The molecule has 2 heteroatoms. The van der Waals surface area contributed by atoms with Crippen molar-refractivity contribution in [2.45, 2.75) is 20.8 Å². The molecule has 1 aromatic carbocycles. The van der Waals surface area contributed by atoms with Crippen molar-refractivity contribution in [2.75, 3.05) is 0 Å². The summed E-state index contributed by atoms with van der Waals surface area (Å²) in [5.74, 6) is 0.120. The molecule has 0 heterocycles. The Kier molecular flexibility index (Phi) is 2.05. The number of phenolic OH excluding ortho intramolecular Hbond substituents is 1. The minimum Gasteiger partial charge on any atom is -0.506 e. The first-order valence-electron chi connectivity index (χ1n) is 3.77. The van der Waals surface area contributed by atoms with Gasteiger partial charge in [-0.05, 0) is 37.5 Å². The van der Waals surface area contributed by atoms with Gasteiger partial charge in [0, 0.05) is 0 Å². The molecule has 0 aliphatic heterocycles. The van der Waals surface area contributed by atoms with Gasteiger partial charge < -0.3 is 5.11 Å². The lowest BCUT2D eigenvalue weighted by Gasteiger charge is -2.07. The number of nitriles is 1. The summed E-state index contributed by atoms with van der Waals surface area (Å²) >= 11 is 0. The molecule has 0 unspecified atom stereocenters. The number of aromatic hydroxyl groups is 1. The zero-order valence-electron chi connectivity index (χ0n) is 7.47. The van der Waals surface area contributed by atoms with Crippen LogP contribution in [0.1, 0.15) is 22.3 Å². The van der Waals surface area contributed by atoms with Crippen molar-refractivity contribution in [1.82, 2.24) is 0 Å². The number of hydrogen-bond donors (Lipinski definition) is 1. The zero-order valence-corrected chi connectivity index (χ0v) is 7.47. The van der Waals surface area contributed by atoms with Crippen LogP contribution >= 0.6 is 0 Å². The minimum absolute atomic E-state index is 0.120. The van der Waals surface area contributed by atoms with E-state index in [-0.39, 0.29) is 5.75 Å². The summed E-state index contributed by atoms with van der Waals surface area (Å²) in [7, 11) is 0. The maximum atomic E-state index is 9.54. The normalized spacial score (nSPS) is 9.50. The standard InChI is InChI=1S/C10H11NO/c1-6-4-7(2)9(5-11)10(12)8(6)3/h4,12H,1-3H3. The minimum atomic E-state index is 0.120. The Morgan fingerprint density at radius 1 is 1.25 bits per heavy atom. The second kappa shape index (κ2) is 2.86. The van der Waals surface area contributed by atoms with Gasteiger partial charge in [0.25, 0.3) is 0 Å². The van der Waals surface area contributed by atoms with Gasteiger partial charge in [-0.2, -0.15) is 5.26 Å². The Balaban J connectivity index is 3.54. The molecule has 62 valence electrons.